The summed E-state index contributed by atoms with van der Waals surface area (Å²) in [6.45, 7) is 4.33. The van der Waals surface area contributed by atoms with Gasteiger partial charge in [-0.3, -0.25) is 4.79 Å². The Kier molecular flexibility index (Phi) is 4.81. The molecule has 0 fully saturated rings. The third kappa shape index (κ3) is 3.52. The first-order valence-corrected chi connectivity index (χ1v) is 7.20. The summed E-state index contributed by atoms with van der Waals surface area (Å²) < 4.78 is 0. The van der Waals surface area contributed by atoms with E-state index in [2.05, 4.69) is 4.98 Å². The van der Waals surface area contributed by atoms with Crippen LogP contribution in [0.3, 0.4) is 0 Å². The smallest absolute Gasteiger partial charge is 0.258 e. The van der Waals surface area contributed by atoms with Crippen LogP contribution in [0.1, 0.15) is 29.9 Å². The van der Waals surface area contributed by atoms with Gasteiger partial charge in [-0.2, -0.15) is 0 Å². The number of nitrogens with zero attached hydrogens (tertiary/aromatic N) is 2. The summed E-state index contributed by atoms with van der Waals surface area (Å²) >= 11 is 5.97. The molecule has 1 N–H and O–H groups in total. The second-order valence-electron chi connectivity index (χ2n) is 4.59. The van der Waals surface area contributed by atoms with Crippen LogP contribution in [0, 0.1) is 0 Å². The average Bonchev–Trinajstić information content (AvgIpc) is 2.47. The fraction of sp³-hybridized carbons (Fsp3) is 0.250. The van der Waals surface area contributed by atoms with E-state index in [0.717, 1.165) is 5.69 Å². The van der Waals surface area contributed by atoms with Crippen molar-refractivity contribution < 1.29 is 9.90 Å². The summed E-state index contributed by atoms with van der Waals surface area (Å²) in [6, 6.07) is 9.93. The number of carbonyl (C=O) groups excluding carboxylic acids is 1. The van der Waals surface area contributed by atoms with Gasteiger partial charge in [0.2, 0.25) is 0 Å². The Labute approximate surface area is 129 Å². The topological polar surface area (TPSA) is 53.4 Å². The van der Waals surface area contributed by atoms with E-state index in [1.165, 1.54) is 0 Å². The van der Waals surface area contributed by atoms with Gasteiger partial charge >= 0.3 is 0 Å². The standard InChI is InChI=1S/C16H17ClN2O2/c1-3-12-8-11(9-15(17)18-12)16(21)19(4-2)13-6-5-7-14(20)10-13/h5-10,20H,3-4H2,1-2H3. The molecule has 0 aliphatic carbocycles. The fourth-order valence-electron chi connectivity index (χ4n) is 2.12. The van der Waals surface area contributed by atoms with E-state index in [-0.39, 0.29) is 11.7 Å². The Hall–Kier alpha value is -2.07. The zero-order valence-electron chi connectivity index (χ0n) is 12.0. The molecule has 21 heavy (non-hydrogen) atoms. The molecule has 0 bridgehead atoms. The van der Waals surface area contributed by atoms with Crippen LogP contribution in [-0.2, 0) is 6.42 Å². The molecule has 5 heteroatoms. The van der Waals surface area contributed by atoms with E-state index in [1.54, 1.807) is 41.3 Å². The van der Waals surface area contributed by atoms with Gasteiger partial charge in [-0.05, 0) is 37.6 Å². The monoisotopic (exact) mass is 304 g/mol. The van der Waals surface area contributed by atoms with Crippen LogP contribution < -0.4 is 4.90 Å². The van der Waals surface area contributed by atoms with Crippen molar-refractivity contribution in [1.82, 2.24) is 4.98 Å². The number of aromatic hydroxyl groups is 1. The fourth-order valence-corrected chi connectivity index (χ4v) is 2.34. The van der Waals surface area contributed by atoms with Crippen LogP contribution in [0.15, 0.2) is 36.4 Å². The number of hydrogen-bond acceptors (Lipinski definition) is 3. The van der Waals surface area contributed by atoms with E-state index in [0.29, 0.717) is 29.4 Å². The van der Waals surface area contributed by atoms with Crippen LogP contribution in [0.4, 0.5) is 5.69 Å². The van der Waals surface area contributed by atoms with Crippen LogP contribution in [0.25, 0.3) is 0 Å². The van der Waals surface area contributed by atoms with Crippen molar-refractivity contribution >= 4 is 23.2 Å². The number of pyridine rings is 1. The van der Waals surface area contributed by atoms with Gasteiger partial charge in [0, 0.05) is 29.6 Å². The summed E-state index contributed by atoms with van der Waals surface area (Å²) in [5, 5.41) is 9.88. The Morgan fingerprint density at radius 2 is 2.05 bits per heavy atom. The maximum absolute atomic E-state index is 12.7. The highest BCUT2D eigenvalue weighted by molar-refractivity contribution is 6.29. The molecule has 1 amide bonds. The molecule has 1 aromatic carbocycles. The lowest BCUT2D eigenvalue weighted by atomic mass is 10.1. The van der Waals surface area contributed by atoms with Crippen molar-refractivity contribution in [3.05, 3.63) is 52.8 Å². The predicted molar refractivity (Wildman–Crippen MR) is 84.1 cm³/mol. The first kappa shape index (κ1) is 15.3. The normalized spacial score (nSPS) is 10.4. The molecular weight excluding hydrogens is 288 g/mol. The number of phenols is 1. The van der Waals surface area contributed by atoms with Gasteiger partial charge in [0.25, 0.3) is 5.91 Å². The number of anilines is 1. The number of hydrogen-bond donors (Lipinski definition) is 1. The minimum Gasteiger partial charge on any atom is -0.508 e. The highest BCUT2D eigenvalue weighted by atomic mass is 35.5. The molecule has 0 spiro atoms. The van der Waals surface area contributed by atoms with Crippen molar-refractivity contribution in [3.8, 4) is 5.75 Å². The largest absolute Gasteiger partial charge is 0.508 e. The summed E-state index contributed by atoms with van der Waals surface area (Å²) in [4.78, 5) is 18.4. The Bertz CT molecular complexity index is 658. The van der Waals surface area contributed by atoms with Crippen molar-refractivity contribution in [2.45, 2.75) is 20.3 Å². The maximum Gasteiger partial charge on any atom is 0.258 e. The Balaban J connectivity index is 2.39. The molecule has 0 aliphatic rings. The summed E-state index contributed by atoms with van der Waals surface area (Å²) in [5.41, 5.74) is 1.92. The highest BCUT2D eigenvalue weighted by Crippen LogP contribution is 2.22. The Morgan fingerprint density at radius 3 is 2.67 bits per heavy atom. The molecule has 0 saturated carbocycles. The molecule has 4 nitrogen and oxygen atoms in total. The van der Waals surface area contributed by atoms with Crippen molar-refractivity contribution in [3.63, 3.8) is 0 Å². The quantitative estimate of drug-likeness (QED) is 0.877. The van der Waals surface area contributed by atoms with Gasteiger partial charge in [-0.1, -0.05) is 24.6 Å². The van der Waals surface area contributed by atoms with Crippen LogP contribution in [-0.4, -0.2) is 22.5 Å². The van der Waals surface area contributed by atoms with E-state index < -0.39 is 0 Å². The first-order chi connectivity index (χ1) is 10.0. The number of amides is 1. The van der Waals surface area contributed by atoms with E-state index in [4.69, 9.17) is 11.6 Å². The maximum atomic E-state index is 12.7. The van der Waals surface area contributed by atoms with Crippen LogP contribution in [0.5, 0.6) is 5.75 Å². The highest BCUT2D eigenvalue weighted by Gasteiger charge is 2.17. The van der Waals surface area contributed by atoms with Crippen molar-refractivity contribution in [1.29, 1.82) is 0 Å². The van der Waals surface area contributed by atoms with Crippen molar-refractivity contribution in [2.24, 2.45) is 0 Å². The van der Waals surface area contributed by atoms with Crippen LogP contribution >= 0.6 is 11.6 Å². The number of rotatable bonds is 4. The molecular formula is C16H17ClN2O2. The second kappa shape index (κ2) is 6.59. The lowest BCUT2D eigenvalue weighted by Gasteiger charge is -2.21. The van der Waals surface area contributed by atoms with E-state index >= 15 is 0 Å². The number of halogens is 1. The molecule has 2 rings (SSSR count). The molecule has 0 saturated heterocycles. The zero-order chi connectivity index (χ0) is 15.4. The minimum absolute atomic E-state index is 0.126. The summed E-state index contributed by atoms with van der Waals surface area (Å²) in [5.74, 6) is -0.0390. The molecule has 2 aromatic rings. The molecule has 0 atom stereocenters. The van der Waals surface area contributed by atoms with Gasteiger partial charge in [0.15, 0.2) is 0 Å². The Morgan fingerprint density at radius 1 is 1.29 bits per heavy atom. The van der Waals surface area contributed by atoms with Crippen molar-refractivity contribution in [2.75, 3.05) is 11.4 Å². The third-order valence-corrected chi connectivity index (χ3v) is 3.35. The number of aryl methyl sites for hydroxylation is 1. The van der Waals surface area contributed by atoms with E-state index in [1.807, 2.05) is 13.8 Å². The summed E-state index contributed by atoms with van der Waals surface area (Å²) in [6.07, 6.45) is 0.707. The third-order valence-electron chi connectivity index (χ3n) is 3.16. The van der Waals surface area contributed by atoms with Gasteiger partial charge in [-0.25, -0.2) is 4.98 Å². The molecule has 0 aliphatic heterocycles. The molecule has 0 radical (unpaired) electrons. The zero-order valence-corrected chi connectivity index (χ0v) is 12.8. The van der Waals surface area contributed by atoms with E-state index in [9.17, 15) is 9.90 Å². The first-order valence-electron chi connectivity index (χ1n) is 6.82. The van der Waals surface area contributed by atoms with Gasteiger partial charge in [0.05, 0.1) is 0 Å². The predicted octanol–water partition coefficient (Wildman–Crippen LogP) is 3.67. The van der Waals surface area contributed by atoms with Gasteiger partial charge in [0.1, 0.15) is 10.9 Å². The molecule has 1 heterocycles. The second-order valence-corrected chi connectivity index (χ2v) is 4.98. The number of aromatic nitrogens is 1. The average molecular weight is 305 g/mol. The van der Waals surface area contributed by atoms with Gasteiger partial charge in [-0.15, -0.1) is 0 Å². The molecule has 110 valence electrons. The van der Waals surface area contributed by atoms with Gasteiger partial charge < -0.3 is 10.0 Å². The number of benzene rings is 1. The van der Waals surface area contributed by atoms with Crippen LogP contribution in [0.2, 0.25) is 5.15 Å². The minimum atomic E-state index is -0.165. The molecule has 1 aromatic heterocycles. The lowest BCUT2D eigenvalue weighted by molar-refractivity contribution is 0.0988. The molecule has 0 unspecified atom stereocenters. The lowest BCUT2D eigenvalue weighted by Crippen LogP contribution is -2.30. The SMILES string of the molecule is CCc1cc(C(=O)N(CC)c2cccc(O)c2)cc(Cl)n1. The summed E-state index contributed by atoms with van der Waals surface area (Å²) in [7, 11) is 0. The number of phenolic OH excluding ortho intramolecular Hbond substituents is 1. The number of carbonyl (C=O) groups is 1.